The summed E-state index contributed by atoms with van der Waals surface area (Å²) in [5.41, 5.74) is 2.22. The highest BCUT2D eigenvalue weighted by molar-refractivity contribution is 5.38. The van der Waals surface area contributed by atoms with Gasteiger partial charge in [0.15, 0.2) is 5.82 Å². The van der Waals surface area contributed by atoms with Crippen LogP contribution in [0.5, 0.6) is 5.75 Å². The predicted octanol–water partition coefficient (Wildman–Crippen LogP) is 2.43. The van der Waals surface area contributed by atoms with Crippen LogP contribution in [0.4, 0.5) is 0 Å². The molecule has 1 unspecified atom stereocenters. The molecule has 98 valence electrons. The lowest BCUT2D eigenvalue weighted by molar-refractivity contribution is 0.156. The monoisotopic (exact) mass is 256 g/mol. The quantitative estimate of drug-likeness (QED) is 0.916. The Morgan fingerprint density at radius 3 is 2.95 bits per heavy atom. The van der Waals surface area contributed by atoms with Crippen molar-refractivity contribution in [2.45, 2.75) is 32.0 Å². The Balaban J connectivity index is 1.72. The minimum atomic E-state index is -0.324. The van der Waals surface area contributed by atoms with E-state index >= 15 is 0 Å². The van der Waals surface area contributed by atoms with E-state index in [0.717, 1.165) is 30.6 Å². The number of rotatable bonds is 3. The lowest BCUT2D eigenvalue weighted by atomic mass is 9.89. The first-order valence-corrected chi connectivity index (χ1v) is 6.52. The average Bonchev–Trinajstić information content (AvgIpc) is 2.46. The van der Waals surface area contributed by atoms with E-state index in [1.54, 1.807) is 18.5 Å². The molecule has 2 aromatic rings. The smallest absolute Gasteiger partial charge is 0.166 e. The molecule has 0 saturated heterocycles. The van der Waals surface area contributed by atoms with Gasteiger partial charge in [0.05, 0.1) is 6.10 Å². The van der Waals surface area contributed by atoms with Gasteiger partial charge in [-0.1, -0.05) is 6.07 Å². The Hall–Kier alpha value is -1.94. The number of fused-ring (bicyclic) bond motifs is 1. The zero-order valence-corrected chi connectivity index (χ0v) is 10.6. The predicted molar refractivity (Wildman–Crippen MR) is 70.7 cm³/mol. The molecule has 1 heterocycles. The number of aromatic nitrogens is 2. The van der Waals surface area contributed by atoms with Crippen LogP contribution in [0, 0.1) is 0 Å². The van der Waals surface area contributed by atoms with Gasteiger partial charge in [0.25, 0.3) is 0 Å². The van der Waals surface area contributed by atoms with Crippen LogP contribution in [0.25, 0.3) is 0 Å². The number of aryl methyl sites for hydroxylation is 1. The number of hydrogen-bond acceptors (Lipinski definition) is 4. The van der Waals surface area contributed by atoms with Crippen molar-refractivity contribution in [3.8, 4) is 5.75 Å². The number of hydrogen-bond donors (Lipinski definition) is 1. The summed E-state index contributed by atoms with van der Waals surface area (Å²) in [6.45, 7) is 0.363. The highest BCUT2D eigenvalue weighted by atomic mass is 16.5. The van der Waals surface area contributed by atoms with E-state index in [1.165, 1.54) is 5.56 Å². The van der Waals surface area contributed by atoms with Gasteiger partial charge in [-0.2, -0.15) is 0 Å². The first-order valence-electron chi connectivity index (χ1n) is 6.52. The third-order valence-corrected chi connectivity index (χ3v) is 3.38. The summed E-state index contributed by atoms with van der Waals surface area (Å²) in [4.78, 5) is 8.23. The maximum absolute atomic E-state index is 9.90. The molecule has 4 nitrogen and oxygen atoms in total. The Morgan fingerprint density at radius 2 is 2.11 bits per heavy atom. The number of aliphatic hydroxyl groups excluding tert-OH is 1. The fraction of sp³-hybridized carbons (Fsp3) is 0.333. The van der Waals surface area contributed by atoms with Crippen LogP contribution in [0.2, 0.25) is 0 Å². The highest BCUT2D eigenvalue weighted by Crippen LogP contribution is 2.31. The summed E-state index contributed by atoms with van der Waals surface area (Å²) < 4.78 is 5.69. The topological polar surface area (TPSA) is 55.2 Å². The molecule has 1 atom stereocenters. The minimum absolute atomic E-state index is 0.324. The summed E-state index contributed by atoms with van der Waals surface area (Å²) in [7, 11) is 0. The zero-order chi connectivity index (χ0) is 13.1. The molecule has 1 aliphatic rings. The summed E-state index contributed by atoms with van der Waals surface area (Å²) >= 11 is 0. The van der Waals surface area contributed by atoms with E-state index in [9.17, 15) is 5.11 Å². The Labute approximate surface area is 112 Å². The molecular weight excluding hydrogens is 240 g/mol. The standard InChI is InChI=1S/C15H16N2O2/c18-14-4-1-3-11-9-12(5-6-13(11)14)19-10-15-16-7-2-8-17-15/h2,5-9,14,18H,1,3-4,10H2. The average molecular weight is 256 g/mol. The van der Waals surface area contributed by atoms with E-state index in [1.807, 2.05) is 18.2 Å². The molecular formula is C15H16N2O2. The second kappa shape index (κ2) is 5.36. The first-order chi connectivity index (χ1) is 9.33. The molecule has 3 rings (SSSR count). The van der Waals surface area contributed by atoms with Gasteiger partial charge in [-0.15, -0.1) is 0 Å². The van der Waals surface area contributed by atoms with Gasteiger partial charge >= 0.3 is 0 Å². The van der Waals surface area contributed by atoms with Crippen LogP contribution in [0.1, 0.15) is 35.9 Å². The molecule has 4 heteroatoms. The number of aliphatic hydroxyl groups is 1. The van der Waals surface area contributed by atoms with Crippen molar-refractivity contribution in [2.24, 2.45) is 0 Å². The number of benzene rings is 1. The van der Waals surface area contributed by atoms with Crippen LogP contribution < -0.4 is 4.74 Å². The number of nitrogens with zero attached hydrogens (tertiary/aromatic N) is 2. The van der Waals surface area contributed by atoms with Crippen molar-refractivity contribution in [1.29, 1.82) is 0 Å². The van der Waals surface area contributed by atoms with Crippen molar-refractivity contribution in [3.63, 3.8) is 0 Å². The van der Waals surface area contributed by atoms with Gasteiger partial charge in [-0.3, -0.25) is 0 Å². The second-order valence-electron chi connectivity index (χ2n) is 4.72. The Bertz CT molecular complexity index is 557. The fourth-order valence-corrected chi connectivity index (χ4v) is 2.41. The molecule has 19 heavy (non-hydrogen) atoms. The van der Waals surface area contributed by atoms with Crippen molar-refractivity contribution in [1.82, 2.24) is 9.97 Å². The maximum Gasteiger partial charge on any atom is 0.166 e. The molecule has 0 aliphatic heterocycles. The van der Waals surface area contributed by atoms with E-state index in [2.05, 4.69) is 9.97 Å². The summed E-state index contributed by atoms with van der Waals surface area (Å²) in [6.07, 6.45) is 5.97. The third-order valence-electron chi connectivity index (χ3n) is 3.38. The van der Waals surface area contributed by atoms with E-state index in [-0.39, 0.29) is 6.10 Å². The van der Waals surface area contributed by atoms with E-state index < -0.39 is 0 Å². The molecule has 0 bridgehead atoms. The van der Waals surface area contributed by atoms with Gasteiger partial charge in [-0.25, -0.2) is 9.97 Å². The maximum atomic E-state index is 9.90. The van der Waals surface area contributed by atoms with Gasteiger partial charge in [-0.05, 0) is 48.6 Å². The fourth-order valence-electron chi connectivity index (χ4n) is 2.41. The third kappa shape index (κ3) is 2.74. The molecule has 0 fully saturated rings. The highest BCUT2D eigenvalue weighted by Gasteiger charge is 2.18. The van der Waals surface area contributed by atoms with Crippen LogP contribution in [0.15, 0.2) is 36.7 Å². The Morgan fingerprint density at radius 1 is 1.26 bits per heavy atom. The van der Waals surface area contributed by atoms with Crippen molar-refractivity contribution in [2.75, 3.05) is 0 Å². The van der Waals surface area contributed by atoms with Crippen molar-refractivity contribution in [3.05, 3.63) is 53.6 Å². The summed E-state index contributed by atoms with van der Waals surface area (Å²) in [6, 6.07) is 7.65. The van der Waals surface area contributed by atoms with Gasteiger partial charge < -0.3 is 9.84 Å². The van der Waals surface area contributed by atoms with E-state index in [0.29, 0.717) is 12.4 Å². The normalized spacial score (nSPS) is 17.8. The van der Waals surface area contributed by atoms with Gasteiger partial charge in [0.1, 0.15) is 12.4 Å². The molecule has 1 N–H and O–H groups in total. The molecule has 0 spiro atoms. The van der Waals surface area contributed by atoms with Crippen LogP contribution in [-0.4, -0.2) is 15.1 Å². The summed E-state index contributed by atoms with van der Waals surface area (Å²) in [5, 5.41) is 9.90. The number of ether oxygens (including phenoxy) is 1. The Kier molecular flexibility index (Phi) is 3.42. The first kappa shape index (κ1) is 12.1. The van der Waals surface area contributed by atoms with Gasteiger partial charge in [0.2, 0.25) is 0 Å². The minimum Gasteiger partial charge on any atom is -0.486 e. The molecule has 0 amide bonds. The SMILES string of the molecule is OC1CCCc2cc(OCc3ncccn3)ccc21. The van der Waals surface area contributed by atoms with Gasteiger partial charge in [0, 0.05) is 12.4 Å². The van der Waals surface area contributed by atoms with Crippen LogP contribution in [0.3, 0.4) is 0 Å². The molecule has 1 aromatic heterocycles. The zero-order valence-electron chi connectivity index (χ0n) is 10.6. The van der Waals surface area contributed by atoms with Crippen LogP contribution in [-0.2, 0) is 13.0 Å². The molecule has 0 radical (unpaired) electrons. The van der Waals surface area contributed by atoms with Crippen LogP contribution >= 0.6 is 0 Å². The summed E-state index contributed by atoms with van der Waals surface area (Å²) in [5.74, 6) is 1.47. The van der Waals surface area contributed by atoms with Crippen molar-refractivity contribution >= 4 is 0 Å². The lowest BCUT2D eigenvalue weighted by Gasteiger charge is -2.21. The lowest BCUT2D eigenvalue weighted by Crippen LogP contribution is -2.09. The largest absolute Gasteiger partial charge is 0.486 e. The van der Waals surface area contributed by atoms with Crippen molar-refractivity contribution < 1.29 is 9.84 Å². The van der Waals surface area contributed by atoms with E-state index in [4.69, 9.17) is 4.74 Å². The molecule has 0 saturated carbocycles. The molecule has 1 aliphatic carbocycles. The second-order valence-corrected chi connectivity index (χ2v) is 4.72. The molecule has 1 aromatic carbocycles.